The van der Waals surface area contributed by atoms with Gasteiger partial charge < -0.3 is 10.8 Å². The summed E-state index contributed by atoms with van der Waals surface area (Å²) in [6.07, 6.45) is 5.91. The van der Waals surface area contributed by atoms with Gasteiger partial charge in [-0.3, -0.25) is 4.55 Å². The Bertz CT molecular complexity index is 289. The third kappa shape index (κ3) is 12.0. The Hall–Kier alpha value is -0.210. The van der Waals surface area contributed by atoms with Crippen LogP contribution in [0.4, 0.5) is 0 Å². The van der Waals surface area contributed by atoms with Gasteiger partial charge in [-0.15, -0.1) is 0 Å². The summed E-state index contributed by atoms with van der Waals surface area (Å²) in [5.41, 5.74) is 4.22. The molecule has 0 aliphatic heterocycles. The lowest BCUT2D eigenvalue weighted by Gasteiger charge is -2.22. The standard InChI is InChI=1S/C10H23NO5S/c1-10(11,16-17(13,14)15)8-6-4-2-3-5-7-9-12/h12H,2-9,11H2,1H3,(H,13,14,15). The minimum Gasteiger partial charge on any atom is -0.396 e. The molecular weight excluding hydrogens is 246 g/mol. The summed E-state index contributed by atoms with van der Waals surface area (Å²) in [7, 11) is -4.49. The van der Waals surface area contributed by atoms with Crippen LogP contribution in [0, 0.1) is 0 Å². The van der Waals surface area contributed by atoms with Crippen LogP contribution in [0.3, 0.4) is 0 Å². The number of aliphatic hydroxyl groups excluding tert-OH is 1. The molecule has 0 aromatic carbocycles. The van der Waals surface area contributed by atoms with E-state index >= 15 is 0 Å². The molecule has 7 heteroatoms. The summed E-state index contributed by atoms with van der Waals surface area (Å²) in [4.78, 5) is 0. The van der Waals surface area contributed by atoms with Crippen LogP contribution in [0.5, 0.6) is 0 Å². The van der Waals surface area contributed by atoms with E-state index < -0.39 is 16.1 Å². The number of hydrogen-bond acceptors (Lipinski definition) is 5. The molecule has 0 heterocycles. The van der Waals surface area contributed by atoms with Gasteiger partial charge in [0.25, 0.3) is 0 Å². The third-order valence-electron chi connectivity index (χ3n) is 2.38. The summed E-state index contributed by atoms with van der Waals surface area (Å²) < 4.78 is 33.8. The zero-order valence-corrected chi connectivity index (χ0v) is 11.1. The second kappa shape index (κ2) is 7.99. The Morgan fingerprint density at radius 3 is 2.06 bits per heavy atom. The highest BCUT2D eigenvalue weighted by atomic mass is 32.3. The molecule has 0 radical (unpaired) electrons. The maximum Gasteiger partial charge on any atom is 0.399 e. The Balaban J connectivity index is 3.59. The van der Waals surface area contributed by atoms with E-state index in [1.165, 1.54) is 6.92 Å². The first kappa shape index (κ1) is 16.8. The molecule has 17 heavy (non-hydrogen) atoms. The van der Waals surface area contributed by atoms with E-state index in [0.29, 0.717) is 6.42 Å². The molecule has 4 N–H and O–H groups in total. The van der Waals surface area contributed by atoms with Gasteiger partial charge in [-0.25, -0.2) is 4.18 Å². The lowest BCUT2D eigenvalue weighted by molar-refractivity contribution is 0.0755. The molecule has 0 aromatic rings. The minimum absolute atomic E-state index is 0.225. The number of rotatable bonds is 10. The van der Waals surface area contributed by atoms with Crippen LogP contribution in [0.2, 0.25) is 0 Å². The van der Waals surface area contributed by atoms with Crippen LogP contribution in [-0.4, -0.2) is 30.4 Å². The molecule has 0 bridgehead atoms. The van der Waals surface area contributed by atoms with Crippen molar-refractivity contribution in [2.24, 2.45) is 5.73 Å². The highest BCUT2D eigenvalue weighted by molar-refractivity contribution is 7.80. The number of unbranched alkanes of at least 4 members (excludes halogenated alkanes) is 5. The minimum atomic E-state index is -4.49. The SMILES string of the molecule is CC(N)(CCCCCCCCO)OS(=O)(=O)O. The highest BCUT2D eigenvalue weighted by Crippen LogP contribution is 2.16. The van der Waals surface area contributed by atoms with Crippen molar-refractivity contribution in [2.45, 2.75) is 57.6 Å². The maximum absolute atomic E-state index is 10.5. The van der Waals surface area contributed by atoms with Gasteiger partial charge in [0.2, 0.25) is 0 Å². The van der Waals surface area contributed by atoms with Gasteiger partial charge in [0.05, 0.1) is 0 Å². The van der Waals surface area contributed by atoms with Crippen molar-refractivity contribution in [1.82, 2.24) is 0 Å². The molecule has 0 aromatic heterocycles. The molecule has 0 spiro atoms. The summed E-state index contributed by atoms with van der Waals surface area (Å²) in [5, 5.41) is 8.57. The number of hydrogen-bond donors (Lipinski definition) is 3. The quantitative estimate of drug-likeness (QED) is 0.312. The molecule has 104 valence electrons. The molecule has 6 nitrogen and oxygen atoms in total. The molecule has 1 atom stereocenters. The van der Waals surface area contributed by atoms with Crippen LogP contribution in [0.15, 0.2) is 0 Å². The van der Waals surface area contributed by atoms with E-state index in [9.17, 15) is 8.42 Å². The van der Waals surface area contributed by atoms with E-state index in [0.717, 1.165) is 38.5 Å². The van der Waals surface area contributed by atoms with Crippen molar-refractivity contribution in [3.63, 3.8) is 0 Å². The van der Waals surface area contributed by atoms with Crippen LogP contribution in [0.25, 0.3) is 0 Å². The topological polar surface area (TPSA) is 110 Å². The fraction of sp³-hybridized carbons (Fsp3) is 1.00. The van der Waals surface area contributed by atoms with Crippen molar-refractivity contribution in [3.05, 3.63) is 0 Å². The number of aliphatic hydroxyl groups is 1. The van der Waals surface area contributed by atoms with Crippen molar-refractivity contribution in [3.8, 4) is 0 Å². The summed E-state index contributed by atoms with van der Waals surface area (Å²) in [5.74, 6) is 0. The molecule has 1 unspecified atom stereocenters. The number of nitrogens with two attached hydrogens (primary N) is 1. The monoisotopic (exact) mass is 269 g/mol. The first-order chi connectivity index (χ1) is 7.77. The van der Waals surface area contributed by atoms with E-state index in [4.69, 9.17) is 15.4 Å². The van der Waals surface area contributed by atoms with E-state index in [1.54, 1.807) is 0 Å². The van der Waals surface area contributed by atoms with Gasteiger partial charge in [0, 0.05) is 6.61 Å². The Labute approximate surface area is 103 Å². The largest absolute Gasteiger partial charge is 0.399 e. The predicted molar refractivity (Wildman–Crippen MR) is 64.6 cm³/mol. The molecule has 0 saturated heterocycles. The Kier molecular flexibility index (Phi) is 7.89. The van der Waals surface area contributed by atoms with Gasteiger partial charge in [0.15, 0.2) is 0 Å². The molecule has 0 aliphatic rings. The highest BCUT2D eigenvalue weighted by Gasteiger charge is 2.25. The van der Waals surface area contributed by atoms with Crippen molar-refractivity contribution < 1.29 is 22.3 Å². The van der Waals surface area contributed by atoms with E-state index in [2.05, 4.69) is 4.18 Å². The van der Waals surface area contributed by atoms with Crippen molar-refractivity contribution in [2.75, 3.05) is 6.61 Å². The Morgan fingerprint density at radius 1 is 1.12 bits per heavy atom. The molecule has 0 rings (SSSR count). The van der Waals surface area contributed by atoms with E-state index in [-0.39, 0.29) is 6.61 Å². The second-order valence-electron chi connectivity index (χ2n) is 4.42. The van der Waals surface area contributed by atoms with Gasteiger partial charge in [-0.2, -0.15) is 8.42 Å². The fourth-order valence-electron chi connectivity index (χ4n) is 1.58. The maximum atomic E-state index is 10.5. The normalized spacial score (nSPS) is 15.8. The fourth-order valence-corrected chi connectivity index (χ4v) is 2.14. The van der Waals surface area contributed by atoms with Gasteiger partial charge in [-0.05, 0) is 26.2 Å². The summed E-state index contributed by atoms with van der Waals surface area (Å²) >= 11 is 0. The average Bonchev–Trinajstić information content (AvgIpc) is 2.12. The van der Waals surface area contributed by atoms with Gasteiger partial charge in [-0.1, -0.05) is 25.7 Å². The second-order valence-corrected chi connectivity index (χ2v) is 5.44. The zero-order chi connectivity index (χ0) is 13.4. The molecule has 0 amide bonds. The lowest BCUT2D eigenvalue weighted by atomic mass is 10.1. The summed E-state index contributed by atoms with van der Waals surface area (Å²) in [6, 6.07) is 0. The summed E-state index contributed by atoms with van der Waals surface area (Å²) in [6.45, 7) is 1.65. The van der Waals surface area contributed by atoms with Crippen LogP contribution >= 0.6 is 0 Å². The van der Waals surface area contributed by atoms with Crippen molar-refractivity contribution >= 4 is 10.4 Å². The molecular formula is C10H23NO5S. The van der Waals surface area contributed by atoms with Crippen LogP contribution in [0.1, 0.15) is 51.9 Å². The first-order valence-electron chi connectivity index (χ1n) is 5.85. The molecule has 0 saturated carbocycles. The predicted octanol–water partition coefficient (Wildman–Crippen LogP) is 1.20. The van der Waals surface area contributed by atoms with Gasteiger partial charge in [0.1, 0.15) is 5.72 Å². The van der Waals surface area contributed by atoms with Gasteiger partial charge >= 0.3 is 10.4 Å². The van der Waals surface area contributed by atoms with Crippen LogP contribution in [-0.2, 0) is 14.6 Å². The lowest BCUT2D eigenvalue weighted by Crippen LogP contribution is -2.41. The van der Waals surface area contributed by atoms with Crippen molar-refractivity contribution in [1.29, 1.82) is 0 Å². The molecule has 0 fully saturated rings. The van der Waals surface area contributed by atoms with Crippen LogP contribution < -0.4 is 5.73 Å². The smallest absolute Gasteiger partial charge is 0.396 e. The first-order valence-corrected chi connectivity index (χ1v) is 7.21. The Morgan fingerprint density at radius 2 is 1.59 bits per heavy atom. The van der Waals surface area contributed by atoms with E-state index in [1.807, 2.05) is 0 Å². The molecule has 0 aliphatic carbocycles. The zero-order valence-electron chi connectivity index (χ0n) is 10.3. The third-order valence-corrected chi connectivity index (χ3v) is 2.97. The average molecular weight is 269 g/mol.